The van der Waals surface area contributed by atoms with Gasteiger partial charge in [0.15, 0.2) is 0 Å². The van der Waals surface area contributed by atoms with Gasteiger partial charge in [0.1, 0.15) is 6.04 Å². The van der Waals surface area contributed by atoms with Crippen molar-refractivity contribution in [2.45, 2.75) is 83.7 Å². The first-order valence-corrected chi connectivity index (χ1v) is 9.80. The molecular weight excluding hydrogens is 304 g/mol. The number of rotatable bonds is 7. The number of hydrogen-bond acceptors (Lipinski definition) is 3. The molecule has 0 bridgehead atoms. The van der Waals surface area contributed by atoms with Crippen molar-refractivity contribution in [1.29, 1.82) is 0 Å². The molecule has 1 aliphatic carbocycles. The molecular formula is C19H34N2O3. The minimum Gasteiger partial charge on any atom is -0.381 e. The van der Waals surface area contributed by atoms with E-state index >= 15 is 0 Å². The van der Waals surface area contributed by atoms with E-state index in [0.29, 0.717) is 19.1 Å². The summed E-state index contributed by atoms with van der Waals surface area (Å²) in [7, 11) is 0. The van der Waals surface area contributed by atoms with Crippen LogP contribution in [0.4, 0.5) is 0 Å². The number of amides is 2. The second-order valence-corrected chi connectivity index (χ2v) is 7.42. The van der Waals surface area contributed by atoms with Crippen molar-refractivity contribution in [3.8, 4) is 0 Å². The van der Waals surface area contributed by atoms with Gasteiger partial charge >= 0.3 is 0 Å². The van der Waals surface area contributed by atoms with Crippen LogP contribution in [0.25, 0.3) is 0 Å². The second kappa shape index (κ2) is 10.0. The van der Waals surface area contributed by atoms with Gasteiger partial charge in [-0.2, -0.15) is 0 Å². The van der Waals surface area contributed by atoms with Crippen LogP contribution in [0.2, 0.25) is 0 Å². The first-order chi connectivity index (χ1) is 11.6. The summed E-state index contributed by atoms with van der Waals surface area (Å²) >= 11 is 0. The fraction of sp³-hybridized carbons (Fsp3) is 0.895. The smallest absolute Gasteiger partial charge is 0.242 e. The molecule has 0 unspecified atom stereocenters. The van der Waals surface area contributed by atoms with Gasteiger partial charge in [0.25, 0.3) is 0 Å². The van der Waals surface area contributed by atoms with Gasteiger partial charge in [-0.3, -0.25) is 9.59 Å². The molecule has 1 saturated carbocycles. The van der Waals surface area contributed by atoms with E-state index in [4.69, 9.17) is 4.74 Å². The van der Waals surface area contributed by atoms with Gasteiger partial charge in [-0.25, -0.2) is 0 Å². The summed E-state index contributed by atoms with van der Waals surface area (Å²) in [5.74, 6) is 0.532. The summed E-state index contributed by atoms with van der Waals surface area (Å²) < 4.78 is 5.29. The van der Waals surface area contributed by atoms with Crippen LogP contribution in [0.3, 0.4) is 0 Å². The molecule has 0 aromatic rings. The molecule has 2 amide bonds. The first-order valence-electron chi connectivity index (χ1n) is 9.80. The zero-order valence-corrected chi connectivity index (χ0v) is 15.3. The number of carbonyl (C=O) groups is 2. The second-order valence-electron chi connectivity index (χ2n) is 7.42. The van der Waals surface area contributed by atoms with E-state index in [2.05, 4.69) is 17.6 Å². The normalized spacial score (nSPS) is 22.6. The molecule has 2 fully saturated rings. The molecule has 138 valence electrons. The molecule has 1 saturated heterocycles. The van der Waals surface area contributed by atoms with Crippen molar-refractivity contribution < 1.29 is 14.3 Å². The molecule has 2 rings (SSSR count). The average Bonchev–Trinajstić information content (AvgIpc) is 2.62. The van der Waals surface area contributed by atoms with E-state index in [-0.39, 0.29) is 23.8 Å². The quantitative estimate of drug-likeness (QED) is 0.750. The largest absolute Gasteiger partial charge is 0.381 e. The fourth-order valence-electron chi connectivity index (χ4n) is 3.94. The minimum absolute atomic E-state index is 0.00865. The van der Waals surface area contributed by atoms with Crippen LogP contribution in [0, 0.1) is 11.8 Å². The Balaban J connectivity index is 1.82. The third-order valence-corrected chi connectivity index (χ3v) is 5.49. The summed E-state index contributed by atoms with van der Waals surface area (Å²) in [5, 5.41) is 6.11. The van der Waals surface area contributed by atoms with Gasteiger partial charge in [0, 0.05) is 25.2 Å². The highest BCUT2D eigenvalue weighted by molar-refractivity contribution is 5.88. The highest BCUT2D eigenvalue weighted by Gasteiger charge is 2.28. The number of ether oxygens (including phenoxy) is 1. The maximum atomic E-state index is 12.5. The van der Waals surface area contributed by atoms with Crippen molar-refractivity contribution in [2.75, 3.05) is 13.2 Å². The third kappa shape index (κ3) is 5.76. The van der Waals surface area contributed by atoms with E-state index in [0.717, 1.165) is 25.7 Å². The van der Waals surface area contributed by atoms with Gasteiger partial charge in [0.05, 0.1) is 0 Å². The van der Waals surface area contributed by atoms with Gasteiger partial charge in [-0.15, -0.1) is 0 Å². The highest BCUT2D eigenvalue weighted by Crippen LogP contribution is 2.28. The first kappa shape index (κ1) is 19.2. The monoisotopic (exact) mass is 338 g/mol. The van der Waals surface area contributed by atoms with Crippen LogP contribution in [-0.2, 0) is 14.3 Å². The molecule has 0 radical (unpaired) electrons. The number of nitrogens with one attached hydrogen (secondary N) is 2. The minimum atomic E-state index is -0.469. The van der Waals surface area contributed by atoms with Crippen molar-refractivity contribution in [3.05, 3.63) is 0 Å². The lowest BCUT2D eigenvalue weighted by atomic mass is 9.82. The Kier molecular flexibility index (Phi) is 8.03. The SMILES string of the molecule is CCC[C@@H](NC(=O)[C@H](C)NC(=O)C1CCOCC1)C1CCCCC1. The lowest BCUT2D eigenvalue weighted by Gasteiger charge is -2.32. The summed E-state index contributed by atoms with van der Waals surface area (Å²) in [6.07, 6.45) is 9.90. The average molecular weight is 338 g/mol. The maximum absolute atomic E-state index is 12.5. The molecule has 5 heteroatoms. The van der Waals surface area contributed by atoms with E-state index in [1.807, 2.05) is 0 Å². The van der Waals surface area contributed by atoms with Crippen LogP contribution >= 0.6 is 0 Å². The standard InChI is InChI=1S/C19H34N2O3/c1-3-7-17(15-8-5-4-6-9-15)21-18(22)14(2)20-19(23)16-10-12-24-13-11-16/h14-17H,3-13H2,1-2H3,(H,20,23)(H,21,22)/t14-,17+/m0/s1. The highest BCUT2D eigenvalue weighted by atomic mass is 16.5. The van der Waals surface area contributed by atoms with Crippen LogP contribution in [0.1, 0.15) is 71.6 Å². The summed E-state index contributed by atoms with van der Waals surface area (Å²) in [5.41, 5.74) is 0. The molecule has 5 nitrogen and oxygen atoms in total. The van der Waals surface area contributed by atoms with Crippen molar-refractivity contribution in [2.24, 2.45) is 11.8 Å². The van der Waals surface area contributed by atoms with E-state index in [1.165, 1.54) is 32.1 Å². The predicted octanol–water partition coefficient (Wildman–Crippen LogP) is 2.78. The Hall–Kier alpha value is -1.10. The Morgan fingerprint density at radius 3 is 2.33 bits per heavy atom. The zero-order valence-electron chi connectivity index (χ0n) is 15.3. The van der Waals surface area contributed by atoms with Crippen molar-refractivity contribution in [3.63, 3.8) is 0 Å². The Labute approximate surface area is 146 Å². The molecule has 2 N–H and O–H groups in total. The molecule has 2 aliphatic rings. The van der Waals surface area contributed by atoms with Crippen LogP contribution in [-0.4, -0.2) is 37.1 Å². The fourth-order valence-corrected chi connectivity index (χ4v) is 3.94. The molecule has 0 spiro atoms. The Morgan fingerprint density at radius 2 is 1.71 bits per heavy atom. The van der Waals surface area contributed by atoms with Crippen LogP contribution in [0.15, 0.2) is 0 Å². The lowest BCUT2D eigenvalue weighted by molar-refractivity contribution is -0.133. The zero-order chi connectivity index (χ0) is 17.4. The van der Waals surface area contributed by atoms with Gasteiger partial charge in [0.2, 0.25) is 11.8 Å². The van der Waals surface area contributed by atoms with Gasteiger partial charge in [-0.1, -0.05) is 32.6 Å². The Bertz CT molecular complexity index is 401. The molecule has 0 aromatic heterocycles. The molecule has 0 aromatic carbocycles. The van der Waals surface area contributed by atoms with Crippen LogP contribution in [0.5, 0.6) is 0 Å². The lowest BCUT2D eigenvalue weighted by Crippen LogP contribution is -2.51. The molecule has 2 atom stereocenters. The number of hydrogen-bond donors (Lipinski definition) is 2. The molecule has 1 aliphatic heterocycles. The van der Waals surface area contributed by atoms with Crippen molar-refractivity contribution >= 4 is 11.8 Å². The third-order valence-electron chi connectivity index (χ3n) is 5.49. The summed E-state index contributed by atoms with van der Waals surface area (Å²) in [6, 6.07) is -0.214. The van der Waals surface area contributed by atoms with E-state index in [1.54, 1.807) is 6.92 Å². The summed E-state index contributed by atoms with van der Waals surface area (Å²) in [6.45, 7) is 5.23. The van der Waals surface area contributed by atoms with Crippen molar-refractivity contribution in [1.82, 2.24) is 10.6 Å². The van der Waals surface area contributed by atoms with Gasteiger partial charge < -0.3 is 15.4 Å². The van der Waals surface area contributed by atoms with E-state index < -0.39 is 6.04 Å². The molecule has 1 heterocycles. The van der Waals surface area contributed by atoms with Crippen LogP contribution < -0.4 is 10.6 Å². The topological polar surface area (TPSA) is 67.4 Å². The van der Waals surface area contributed by atoms with E-state index in [9.17, 15) is 9.59 Å². The maximum Gasteiger partial charge on any atom is 0.242 e. The summed E-state index contributed by atoms with van der Waals surface area (Å²) in [4.78, 5) is 24.8. The van der Waals surface area contributed by atoms with Gasteiger partial charge in [-0.05, 0) is 44.9 Å². The number of carbonyl (C=O) groups excluding carboxylic acids is 2. The molecule has 24 heavy (non-hydrogen) atoms. The predicted molar refractivity (Wildman–Crippen MR) is 94.6 cm³/mol. The Morgan fingerprint density at radius 1 is 1.04 bits per heavy atom.